The normalized spacial score (nSPS) is 45.8. The summed E-state index contributed by atoms with van der Waals surface area (Å²) in [6.07, 6.45) is 8.98. The first-order valence-electron chi connectivity index (χ1n) is 12.9. The zero-order valence-electron chi connectivity index (χ0n) is 21.0. The number of aliphatic imine (C=N–C) groups is 1. The van der Waals surface area contributed by atoms with Crippen LogP contribution in [0.15, 0.2) is 4.99 Å². The van der Waals surface area contributed by atoms with Crippen molar-refractivity contribution in [1.29, 1.82) is 0 Å². The molecule has 4 saturated carbocycles. The summed E-state index contributed by atoms with van der Waals surface area (Å²) in [5, 5.41) is 42.5. The smallest absolute Gasteiger partial charge is 0.862 e. The van der Waals surface area contributed by atoms with Gasteiger partial charge in [-0.05, 0) is 116 Å². The Morgan fingerprint density at radius 1 is 1.09 bits per heavy atom. The molecule has 0 aliphatic heterocycles. The van der Waals surface area contributed by atoms with Crippen LogP contribution < -0.4 is 34.7 Å². The van der Waals surface area contributed by atoms with Gasteiger partial charge in [0.2, 0.25) is 0 Å². The standard InChI is InChI=1S/C26H43NO5.Na/c1-15(4-9-23(30)27-14-24(31)32)19-7-8-20-18-6-5-16-12-17(28)10-11-25(16,2)21(18)13-22(29)26(19,20)3;/h15-22,28-29H,4-14H2,1-3H3,(H,27,30)(H,31,32);/q;+1/p-1/t15-,16-,17-,18+,19-,20+,21+,22+,25+,26-;/m1./s1. The number of hydrogen-bond acceptors (Lipinski definition) is 5. The van der Waals surface area contributed by atoms with Crippen molar-refractivity contribution >= 4 is 11.9 Å². The molecule has 4 rings (SSSR count). The van der Waals surface area contributed by atoms with Gasteiger partial charge in [-0.15, -0.1) is 0 Å². The van der Waals surface area contributed by atoms with Crippen LogP contribution >= 0.6 is 0 Å². The van der Waals surface area contributed by atoms with Gasteiger partial charge in [0.15, 0.2) is 0 Å². The zero-order chi connectivity index (χ0) is 23.3. The maximum absolute atomic E-state index is 12.0. The van der Waals surface area contributed by atoms with Crippen LogP contribution in [0.4, 0.5) is 0 Å². The average Bonchev–Trinajstić information content (AvgIpc) is 3.10. The van der Waals surface area contributed by atoms with Crippen LogP contribution in [0.3, 0.4) is 0 Å². The molecule has 6 nitrogen and oxygen atoms in total. The van der Waals surface area contributed by atoms with Gasteiger partial charge >= 0.3 is 35.5 Å². The number of hydrogen-bond donors (Lipinski definition) is 3. The number of carboxylic acid groups (broad SMARTS) is 1. The fourth-order valence-electron chi connectivity index (χ4n) is 8.95. The fourth-order valence-corrected chi connectivity index (χ4v) is 8.95. The van der Waals surface area contributed by atoms with Crippen LogP contribution in [-0.2, 0) is 4.79 Å². The van der Waals surface area contributed by atoms with E-state index in [1.807, 2.05) is 0 Å². The first kappa shape index (κ1) is 27.4. The largest absolute Gasteiger partial charge is 1.00 e. The first-order valence-corrected chi connectivity index (χ1v) is 12.9. The molecule has 0 spiro atoms. The van der Waals surface area contributed by atoms with Crippen LogP contribution in [0.5, 0.6) is 0 Å². The molecule has 33 heavy (non-hydrogen) atoms. The van der Waals surface area contributed by atoms with E-state index in [0.29, 0.717) is 41.9 Å². The maximum atomic E-state index is 12.0. The third-order valence-corrected chi connectivity index (χ3v) is 10.7. The number of aliphatic carboxylic acids is 1. The molecule has 0 amide bonds. The van der Waals surface area contributed by atoms with Crippen LogP contribution in [0.1, 0.15) is 85.0 Å². The molecule has 3 N–H and O–H groups in total. The molecule has 4 aliphatic rings. The Morgan fingerprint density at radius 3 is 2.52 bits per heavy atom. The molecule has 4 aliphatic carbocycles. The van der Waals surface area contributed by atoms with E-state index in [1.54, 1.807) is 0 Å². The van der Waals surface area contributed by atoms with Crippen molar-refractivity contribution in [1.82, 2.24) is 0 Å². The van der Waals surface area contributed by atoms with Crippen molar-refractivity contribution in [2.24, 2.45) is 51.3 Å². The molecule has 0 aromatic rings. The van der Waals surface area contributed by atoms with E-state index in [2.05, 4.69) is 25.8 Å². The minimum absolute atomic E-state index is 0. The van der Waals surface area contributed by atoms with Crippen LogP contribution in [-0.4, -0.2) is 45.9 Å². The van der Waals surface area contributed by atoms with Crippen LogP contribution in [0, 0.1) is 46.3 Å². The Bertz CT molecular complexity index is 746. The molecule has 0 unspecified atom stereocenters. The fraction of sp³-hybridized carbons (Fsp3) is 0.923. The van der Waals surface area contributed by atoms with E-state index in [1.165, 1.54) is 12.8 Å². The predicted molar refractivity (Wildman–Crippen MR) is 121 cm³/mol. The molecule has 0 radical (unpaired) electrons. The van der Waals surface area contributed by atoms with Gasteiger partial charge in [0.25, 0.3) is 0 Å². The second-order valence-electron chi connectivity index (χ2n) is 12.0. The van der Waals surface area contributed by atoms with Gasteiger partial charge in [-0.3, -0.25) is 9.79 Å². The Balaban J connectivity index is 0.00000306. The van der Waals surface area contributed by atoms with Crippen LogP contribution in [0.25, 0.3) is 0 Å². The number of aliphatic hydroxyl groups is 2. The quantitative estimate of drug-likeness (QED) is 0.292. The van der Waals surface area contributed by atoms with Crippen molar-refractivity contribution in [2.75, 3.05) is 6.54 Å². The summed E-state index contributed by atoms with van der Waals surface area (Å²) in [5.74, 6) is 1.60. The molecule has 0 aromatic carbocycles. The van der Waals surface area contributed by atoms with E-state index in [4.69, 9.17) is 5.11 Å². The third-order valence-electron chi connectivity index (χ3n) is 10.7. The van der Waals surface area contributed by atoms with Crippen molar-refractivity contribution in [3.8, 4) is 0 Å². The van der Waals surface area contributed by atoms with Crippen molar-refractivity contribution in [2.45, 2.75) is 97.2 Å². The summed E-state index contributed by atoms with van der Waals surface area (Å²) in [7, 11) is 0. The van der Waals surface area contributed by atoms with E-state index in [-0.39, 0.29) is 64.9 Å². The van der Waals surface area contributed by atoms with E-state index in [0.717, 1.165) is 38.5 Å². The summed E-state index contributed by atoms with van der Waals surface area (Å²) < 4.78 is 0. The summed E-state index contributed by atoms with van der Waals surface area (Å²) in [6, 6.07) is 0. The molecule has 10 atom stereocenters. The molecule has 0 aromatic heterocycles. The average molecular weight is 472 g/mol. The monoisotopic (exact) mass is 471 g/mol. The summed E-state index contributed by atoms with van der Waals surface area (Å²) in [5.41, 5.74) is 0.130. The topological polar surface area (TPSA) is 113 Å². The predicted octanol–water partition coefficient (Wildman–Crippen LogP) is 0.241. The number of carbonyl (C=O) groups is 1. The molecule has 0 heterocycles. The minimum Gasteiger partial charge on any atom is -0.862 e. The summed E-state index contributed by atoms with van der Waals surface area (Å²) >= 11 is 0. The molecule has 182 valence electrons. The third kappa shape index (κ3) is 4.94. The number of aliphatic hydroxyl groups excluding tert-OH is 2. The van der Waals surface area contributed by atoms with Crippen molar-refractivity contribution < 1.29 is 54.8 Å². The summed E-state index contributed by atoms with van der Waals surface area (Å²) in [4.78, 5) is 14.3. The Morgan fingerprint density at radius 2 is 1.82 bits per heavy atom. The van der Waals surface area contributed by atoms with E-state index in [9.17, 15) is 20.1 Å². The van der Waals surface area contributed by atoms with Gasteiger partial charge < -0.3 is 20.4 Å². The zero-order valence-corrected chi connectivity index (χ0v) is 23.0. The van der Waals surface area contributed by atoms with Gasteiger partial charge in [0, 0.05) is 0 Å². The Kier molecular flexibility index (Phi) is 8.70. The number of carboxylic acids is 1. The van der Waals surface area contributed by atoms with Gasteiger partial charge in [-0.2, -0.15) is 0 Å². The number of rotatable bonds is 6. The first-order chi connectivity index (χ1) is 15.1. The van der Waals surface area contributed by atoms with Crippen molar-refractivity contribution in [3.63, 3.8) is 0 Å². The minimum atomic E-state index is -1.08. The number of fused-ring (bicyclic) bond motifs is 5. The second-order valence-corrected chi connectivity index (χ2v) is 12.0. The van der Waals surface area contributed by atoms with Crippen molar-refractivity contribution in [3.05, 3.63) is 0 Å². The molecule has 0 saturated heterocycles. The Labute approximate surface area is 220 Å². The van der Waals surface area contributed by atoms with Gasteiger partial charge in [0.1, 0.15) is 6.54 Å². The molecular formula is C26H42NNaO5. The molecule has 4 fully saturated rings. The summed E-state index contributed by atoms with van der Waals surface area (Å²) in [6.45, 7) is 6.50. The molecular weight excluding hydrogens is 429 g/mol. The second kappa shape index (κ2) is 10.5. The van der Waals surface area contributed by atoms with Gasteiger partial charge in [0.05, 0.1) is 12.2 Å². The SMILES string of the molecule is C[C@H](CCC([O-])=NCC(=O)O)[C@H]1CC[C@H]2[C@@H]3CC[C@@H]4C[C@H](O)CC[C@]4(C)[C@H]3C[C@H](O)[C@]12C.[Na+]. The maximum Gasteiger partial charge on any atom is 1.00 e. The van der Waals surface area contributed by atoms with Gasteiger partial charge in [-0.1, -0.05) is 20.8 Å². The van der Waals surface area contributed by atoms with Gasteiger partial charge in [-0.25, -0.2) is 0 Å². The van der Waals surface area contributed by atoms with E-state index >= 15 is 0 Å². The number of nitrogens with zero attached hydrogens (tertiary/aromatic N) is 1. The van der Waals surface area contributed by atoms with E-state index < -0.39 is 12.5 Å². The molecule has 0 bridgehead atoms. The van der Waals surface area contributed by atoms with Crippen LogP contribution in [0.2, 0.25) is 0 Å². The molecule has 7 heteroatoms. The Hall–Kier alpha value is -0.140.